The third-order valence-corrected chi connectivity index (χ3v) is 6.73. The van der Waals surface area contributed by atoms with E-state index in [1.807, 2.05) is 49.4 Å². The maximum Gasteiger partial charge on any atom is 0.253 e. The predicted molar refractivity (Wildman–Crippen MR) is 138 cm³/mol. The van der Waals surface area contributed by atoms with E-state index in [9.17, 15) is 4.79 Å². The molecule has 0 radical (unpaired) electrons. The van der Waals surface area contributed by atoms with Crippen molar-refractivity contribution in [1.29, 1.82) is 0 Å². The topological polar surface area (TPSA) is 51.4 Å². The van der Waals surface area contributed by atoms with Crippen LogP contribution >= 0.6 is 23.8 Å². The smallest absolute Gasteiger partial charge is 0.253 e. The van der Waals surface area contributed by atoms with Gasteiger partial charge >= 0.3 is 0 Å². The quantitative estimate of drug-likeness (QED) is 0.488. The fourth-order valence-corrected chi connectivity index (χ4v) is 4.89. The average Bonchev–Trinajstić information content (AvgIpc) is 3.21. The van der Waals surface area contributed by atoms with E-state index in [1.165, 1.54) is 6.42 Å². The molecule has 7 heteroatoms. The summed E-state index contributed by atoms with van der Waals surface area (Å²) in [5.74, 6) is 0. The number of thiocarbonyl (C=S) groups is 1. The van der Waals surface area contributed by atoms with Crippen molar-refractivity contribution in [3.8, 4) is 0 Å². The van der Waals surface area contributed by atoms with Crippen LogP contribution in [0.1, 0.15) is 30.9 Å². The van der Waals surface area contributed by atoms with Gasteiger partial charge in [-0.1, -0.05) is 36.7 Å². The van der Waals surface area contributed by atoms with Crippen LogP contribution in [0.15, 0.2) is 53.3 Å². The SMILES string of the molecule is CCN1CCC[C@@H]1CN(Cc1cc2ccc(C)cc2[nH]c1=O)C(=S)Nc1cccc(Cl)c1. The molecule has 1 atom stereocenters. The van der Waals surface area contributed by atoms with Gasteiger partial charge in [-0.25, -0.2) is 0 Å². The molecule has 2 N–H and O–H groups in total. The van der Waals surface area contributed by atoms with Gasteiger partial charge in [0.1, 0.15) is 0 Å². The number of halogens is 1. The zero-order chi connectivity index (χ0) is 22.7. The van der Waals surface area contributed by atoms with Crippen molar-refractivity contribution in [3.05, 3.63) is 75.0 Å². The molecule has 2 heterocycles. The highest BCUT2D eigenvalue weighted by Crippen LogP contribution is 2.21. The lowest BCUT2D eigenvalue weighted by atomic mass is 10.1. The van der Waals surface area contributed by atoms with Crippen molar-refractivity contribution in [2.45, 2.75) is 39.3 Å². The van der Waals surface area contributed by atoms with Crippen LogP contribution < -0.4 is 10.9 Å². The molecule has 0 saturated carbocycles. The van der Waals surface area contributed by atoms with E-state index in [1.54, 1.807) is 0 Å². The fraction of sp³-hybridized carbons (Fsp3) is 0.360. The summed E-state index contributed by atoms with van der Waals surface area (Å²) in [5, 5.41) is 5.59. The number of aromatic amines is 1. The maximum atomic E-state index is 12.9. The number of likely N-dealkylation sites (tertiary alicyclic amines) is 1. The Morgan fingerprint density at radius 2 is 2.12 bits per heavy atom. The molecule has 168 valence electrons. The van der Waals surface area contributed by atoms with E-state index in [0.717, 1.165) is 48.2 Å². The van der Waals surface area contributed by atoms with Gasteiger partial charge in [0.15, 0.2) is 5.11 Å². The Hall–Kier alpha value is -2.41. The van der Waals surface area contributed by atoms with E-state index in [-0.39, 0.29) is 5.56 Å². The van der Waals surface area contributed by atoms with Crippen LogP contribution in [-0.4, -0.2) is 45.6 Å². The second kappa shape index (κ2) is 10.0. The van der Waals surface area contributed by atoms with Gasteiger partial charge in [0.05, 0.1) is 6.54 Å². The van der Waals surface area contributed by atoms with Gasteiger partial charge in [0.2, 0.25) is 0 Å². The lowest BCUT2D eigenvalue weighted by Crippen LogP contribution is -2.44. The van der Waals surface area contributed by atoms with Crippen molar-refractivity contribution in [1.82, 2.24) is 14.8 Å². The largest absolute Gasteiger partial charge is 0.343 e. The number of aromatic nitrogens is 1. The van der Waals surface area contributed by atoms with Gasteiger partial charge < -0.3 is 15.2 Å². The van der Waals surface area contributed by atoms with E-state index in [4.69, 9.17) is 23.8 Å². The number of hydrogen-bond acceptors (Lipinski definition) is 3. The van der Waals surface area contributed by atoms with Crippen molar-refractivity contribution in [2.24, 2.45) is 0 Å². The first-order valence-corrected chi connectivity index (χ1v) is 11.9. The number of H-pyrrole nitrogens is 1. The number of likely N-dealkylation sites (N-methyl/N-ethyl adjacent to an activating group) is 1. The van der Waals surface area contributed by atoms with E-state index in [2.05, 4.69) is 33.1 Å². The molecular weight excluding hydrogens is 440 g/mol. The minimum Gasteiger partial charge on any atom is -0.343 e. The number of nitrogens with one attached hydrogen (secondary N) is 2. The van der Waals surface area contributed by atoms with Gasteiger partial charge in [-0.15, -0.1) is 0 Å². The maximum absolute atomic E-state index is 12.9. The summed E-state index contributed by atoms with van der Waals surface area (Å²) in [6, 6.07) is 16.0. The first-order chi connectivity index (χ1) is 15.4. The summed E-state index contributed by atoms with van der Waals surface area (Å²) in [6.45, 7) is 7.56. The molecule has 0 unspecified atom stereocenters. The third kappa shape index (κ3) is 5.31. The molecule has 3 aromatic rings. The van der Waals surface area contributed by atoms with Gasteiger partial charge in [-0.3, -0.25) is 9.69 Å². The number of pyridine rings is 1. The highest BCUT2D eigenvalue weighted by atomic mass is 35.5. The number of nitrogens with zero attached hydrogens (tertiary/aromatic N) is 2. The minimum atomic E-state index is -0.0718. The molecule has 5 nitrogen and oxygen atoms in total. The Balaban J connectivity index is 1.61. The van der Waals surface area contributed by atoms with E-state index < -0.39 is 0 Å². The Morgan fingerprint density at radius 1 is 1.28 bits per heavy atom. The first-order valence-electron chi connectivity index (χ1n) is 11.1. The van der Waals surface area contributed by atoms with Crippen LogP contribution in [0.4, 0.5) is 5.69 Å². The molecule has 1 saturated heterocycles. The zero-order valence-electron chi connectivity index (χ0n) is 18.5. The van der Waals surface area contributed by atoms with Crippen molar-refractivity contribution in [2.75, 3.05) is 25.0 Å². The normalized spacial score (nSPS) is 16.4. The minimum absolute atomic E-state index is 0.0718. The summed E-state index contributed by atoms with van der Waals surface area (Å²) in [6.07, 6.45) is 2.33. The zero-order valence-corrected chi connectivity index (χ0v) is 20.1. The predicted octanol–water partition coefficient (Wildman–Crippen LogP) is 5.17. The highest BCUT2D eigenvalue weighted by molar-refractivity contribution is 7.80. The molecule has 1 aliphatic rings. The molecule has 0 spiro atoms. The Bertz CT molecular complexity index is 1180. The van der Waals surface area contributed by atoms with Gasteiger partial charge in [0.25, 0.3) is 5.56 Å². The third-order valence-electron chi connectivity index (χ3n) is 6.14. The lowest BCUT2D eigenvalue weighted by Gasteiger charge is -2.32. The van der Waals surface area contributed by atoms with Crippen LogP contribution in [0.3, 0.4) is 0 Å². The number of benzene rings is 2. The highest BCUT2D eigenvalue weighted by Gasteiger charge is 2.26. The first kappa shape index (κ1) is 22.8. The molecule has 0 bridgehead atoms. The molecule has 1 aliphatic heterocycles. The monoisotopic (exact) mass is 468 g/mol. The number of anilines is 1. The molecule has 2 aromatic carbocycles. The standard InChI is InChI=1S/C25H29ClN4OS/c1-3-29-11-5-8-22(29)16-30(25(32)27-21-7-4-6-20(26)14-21)15-19-13-18-10-9-17(2)12-23(18)28-24(19)31/h4,6-7,9-10,12-14,22H,3,5,8,11,15-16H2,1-2H3,(H,27,32)(H,28,31)/t22-/m1/s1. The summed E-state index contributed by atoms with van der Waals surface area (Å²) in [7, 11) is 0. The second-order valence-electron chi connectivity index (χ2n) is 8.46. The van der Waals surface area contributed by atoms with Gasteiger partial charge in [0, 0.05) is 34.4 Å². The summed E-state index contributed by atoms with van der Waals surface area (Å²) >= 11 is 12.0. The number of hydrogen-bond donors (Lipinski definition) is 2. The van der Waals surface area contributed by atoms with Crippen molar-refractivity contribution < 1.29 is 0 Å². The van der Waals surface area contributed by atoms with Gasteiger partial charge in [-0.05, 0) is 86.4 Å². The number of rotatable bonds is 6. The molecule has 32 heavy (non-hydrogen) atoms. The summed E-state index contributed by atoms with van der Waals surface area (Å²) in [4.78, 5) is 20.5. The second-order valence-corrected chi connectivity index (χ2v) is 9.28. The van der Waals surface area contributed by atoms with Crippen molar-refractivity contribution >= 4 is 45.5 Å². The Labute approximate surface area is 199 Å². The summed E-state index contributed by atoms with van der Waals surface area (Å²) < 4.78 is 0. The van der Waals surface area contributed by atoms with Crippen LogP contribution in [0.2, 0.25) is 5.02 Å². The lowest BCUT2D eigenvalue weighted by molar-refractivity contribution is 0.221. The van der Waals surface area contributed by atoms with Crippen LogP contribution in [0, 0.1) is 6.92 Å². The summed E-state index contributed by atoms with van der Waals surface area (Å²) in [5.41, 5.74) is 3.46. The Kier molecular flexibility index (Phi) is 7.13. The average molecular weight is 469 g/mol. The van der Waals surface area contributed by atoms with Gasteiger partial charge in [-0.2, -0.15) is 0 Å². The number of aryl methyl sites for hydroxylation is 1. The molecular formula is C25H29ClN4OS. The van der Waals surface area contributed by atoms with Crippen LogP contribution in [0.5, 0.6) is 0 Å². The molecule has 1 aromatic heterocycles. The van der Waals surface area contributed by atoms with E-state index >= 15 is 0 Å². The molecule has 0 amide bonds. The van der Waals surface area contributed by atoms with Crippen LogP contribution in [-0.2, 0) is 6.54 Å². The fourth-order valence-electron chi connectivity index (χ4n) is 4.44. The molecule has 0 aliphatic carbocycles. The Morgan fingerprint density at radius 3 is 2.91 bits per heavy atom. The molecule has 1 fully saturated rings. The van der Waals surface area contributed by atoms with Crippen molar-refractivity contribution in [3.63, 3.8) is 0 Å². The van der Waals surface area contributed by atoms with Crippen LogP contribution in [0.25, 0.3) is 10.9 Å². The van der Waals surface area contributed by atoms with E-state index in [0.29, 0.717) is 28.3 Å². The number of fused-ring (bicyclic) bond motifs is 1. The molecule has 4 rings (SSSR count).